The van der Waals surface area contributed by atoms with Gasteiger partial charge in [-0.15, -0.1) is 12.3 Å². The Bertz CT molecular complexity index is 167. The molecule has 1 atom stereocenters. The van der Waals surface area contributed by atoms with Crippen LogP contribution in [-0.2, 0) is 0 Å². The maximum atomic E-state index is 9.52. The second kappa shape index (κ2) is 6.34. The Morgan fingerprint density at radius 3 is 2.77 bits per heavy atom. The van der Waals surface area contributed by atoms with E-state index < -0.39 is 0 Å². The van der Waals surface area contributed by atoms with Crippen LogP contribution in [0.4, 0.5) is 0 Å². The number of hydrogen-bond donors (Lipinski definition) is 1. The van der Waals surface area contributed by atoms with Crippen molar-refractivity contribution in [1.29, 1.82) is 0 Å². The highest BCUT2D eigenvalue weighted by Gasteiger charge is 2.16. The molecule has 0 bridgehead atoms. The Labute approximate surface area is 85.3 Å². The van der Waals surface area contributed by atoms with Crippen LogP contribution in [0.15, 0.2) is 0 Å². The normalized spacial score (nSPS) is 20.0. The number of hydrogen-bond acceptors (Lipinski definition) is 2. The van der Waals surface area contributed by atoms with Crippen molar-refractivity contribution in [2.24, 2.45) is 0 Å². The van der Waals surface area contributed by atoms with Crippen LogP contribution in [0.25, 0.3) is 0 Å². The maximum Gasteiger partial charge on any atom is 0.0639 e. The Balaban J connectivity index is 2.00. The van der Waals surface area contributed by atoms with Crippen molar-refractivity contribution in [1.82, 2.24) is 0 Å². The lowest BCUT2D eigenvalue weighted by atomic mass is 10.2. The fourth-order valence-corrected chi connectivity index (χ4v) is 2.96. The zero-order valence-electron chi connectivity index (χ0n) is 8.04. The molecule has 0 heterocycles. The predicted octanol–water partition coefficient (Wildman–Crippen LogP) is 2.44. The van der Waals surface area contributed by atoms with Crippen LogP contribution in [0.5, 0.6) is 0 Å². The summed E-state index contributed by atoms with van der Waals surface area (Å²) in [5.41, 5.74) is 0. The van der Waals surface area contributed by atoms with Crippen molar-refractivity contribution in [2.75, 3.05) is 5.75 Å². The lowest BCUT2D eigenvalue weighted by molar-refractivity contribution is 0.191. The van der Waals surface area contributed by atoms with E-state index in [0.717, 1.165) is 17.4 Å². The summed E-state index contributed by atoms with van der Waals surface area (Å²) in [6, 6.07) is 0. The fraction of sp³-hybridized carbons (Fsp3) is 0.818. The van der Waals surface area contributed by atoms with Crippen molar-refractivity contribution >= 4 is 11.8 Å². The van der Waals surface area contributed by atoms with Gasteiger partial charge in [0.1, 0.15) is 0 Å². The molecule has 0 spiro atoms. The summed E-state index contributed by atoms with van der Waals surface area (Å²) in [5, 5.41) is 10.3. The van der Waals surface area contributed by atoms with Gasteiger partial charge in [0.15, 0.2) is 0 Å². The molecule has 1 unspecified atom stereocenters. The lowest BCUT2D eigenvalue weighted by Gasteiger charge is -2.12. The quantitative estimate of drug-likeness (QED) is 0.685. The number of aliphatic hydroxyl groups is 1. The molecule has 0 aromatic carbocycles. The van der Waals surface area contributed by atoms with Crippen molar-refractivity contribution in [2.45, 2.75) is 49.9 Å². The molecule has 1 fully saturated rings. The van der Waals surface area contributed by atoms with Crippen LogP contribution in [0, 0.1) is 12.3 Å². The van der Waals surface area contributed by atoms with Gasteiger partial charge in [0.2, 0.25) is 0 Å². The summed E-state index contributed by atoms with van der Waals surface area (Å²) < 4.78 is 0. The molecule has 1 rings (SSSR count). The Hall–Kier alpha value is -0.130. The third-order valence-corrected chi connectivity index (χ3v) is 3.97. The first-order valence-corrected chi connectivity index (χ1v) is 6.11. The molecule has 1 aliphatic rings. The monoisotopic (exact) mass is 198 g/mol. The average molecular weight is 198 g/mol. The third-order valence-electron chi connectivity index (χ3n) is 2.45. The van der Waals surface area contributed by atoms with Gasteiger partial charge in [-0.2, -0.15) is 11.8 Å². The standard InChI is InChI=1S/C11H18OS/c1-2-3-6-10(12)9-13-11-7-4-5-8-11/h1,10-12H,3-9H2. The minimum atomic E-state index is -0.193. The first kappa shape index (κ1) is 10.9. The number of terminal acetylenes is 1. The van der Waals surface area contributed by atoms with Gasteiger partial charge in [-0.25, -0.2) is 0 Å². The highest BCUT2D eigenvalue weighted by Crippen LogP contribution is 2.29. The van der Waals surface area contributed by atoms with E-state index in [9.17, 15) is 5.11 Å². The molecule has 0 radical (unpaired) electrons. The lowest BCUT2D eigenvalue weighted by Crippen LogP contribution is -2.11. The number of thioether (sulfide) groups is 1. The first-order valence-electron chi connectivity index (χ1n) is 5.06. The van der Waals surface area contributed by atoms with Gasteiger partial charge in [-0.3, -0.25) is 0 Å². The zero-order chi connectivity index (χ0) is 9.52. The highest BCUT2D eigenvalue weighted by molar-refractivity contribution is 7.99. The van der Waals surface area contributed by atoms with Gasteiger partial charge >= 0.3 is 0 Å². The summed E-state index contributed by atoms with van der Waals surface area (Å²) >= 11 is 1.92. The molecule has 0 aromatic rings. The minimum Gasteiger partial charge on any atom is -0.392 e. The first-order chi connectivity index (χ1) is 6.33. The molecular weight excluding hydrogens is 180 g/mol. The highest BCUT2D eigenvalue weighted by atomic mass is 32.2. The van der Waals surface area contributed by atoms with Crippen LogP contribution in [0.3, 0.4) is 0 Å². The average Bonchev–Trinajstić information content (AvgIpc) is 2.64. The summed E-state index contributed by atoms with van der Waals surface area (Å²) in [5.74, 6) is 3.42. The molecule has 74 valence electrons. The molecule has 1 N–H and O–H groups in total. The van der Waals surface area contributed by atoms with Crippen LogP contribution in [0.1, 0.15) is 38.5 Å². The second-order valence-electron chi connectivity index (χ2n) is 3.64. The topological polar surface area (TPSA) is 20.2 Å². The Morgan fingerprint density at radius 1 is 1.46 bits per heavy atom. The summed E-state index contributed by atoms with van der Waals surface area (Å²) in [6.07, 6.45) is 11.8. The van der Waals surface area contributed by atoms with E-state index in [1.807, 2.05) is 11.8 Å². The smallest absolute Gasteiger partial charge is 0.0639 e. The molecule has 0 aromatic heterocycles. The molecule has 1 nitrogen and oxygen atoms in total. The molecular formula is C11H18OS. The maximum absolute atomic E-state index is 9.52. The Kier molecular flexibility index (Phi) is 5.34. The van der Waals surface area contributed by atoms with E-state index in [0.29, 0.717) is 6.42 Å². The zero-order valence-corrected chi connectivity index (χ0v) is 8.85. The van der Waals surface area contributed by atoms with Crippen molar-refractivity contribution in [3.63, 3.8) is 0 Å². The van der Waals surface area contributed by atoms with E-state index in [-0.39, 0.29) is 6.10 Å². The fourth-order valence-electron chi connectivity index (χ4n) is 1.64. The summed E-state index contributed by atoms with van der Waals surface area (Å²) in [4.78, 5) is 0. The molecule has 0 saturated heterocycles. The summed E-state index contributed by atoms with van der Waals surface area (Å²) in [6.45, 7) is 0. The van der Waals surface area contributed by atoms with E-state index in [4.69, 9.17) is 6.42 Å². The van der Waals surface area contributed by atoms with E-state index in [1.54, 1.807) is 0 Å². The summed E-state index contributed by atoms with van der Waals surface area (Å²) in [7, 11) is 0. The van der Waals surface area contributed by atoms with Crippen LogP contribution in [0.2, 0.25) is 0 Å². The van der Waals surface area contributed by atoms with Gasteiger partial charge < -0.3 is 5.11 Å². The van der Waals surface area contributed by atoms with E-state index in [1.165, 1.54) is 25.7 Å². The molecule has 2 heteroatoms. The molecule has 13 heavy (non-hydrogen) atoms. The van der Waals surface area contributed by atoms with Gasteiger partial charge in [0.05, 0.1) is 6.10 Å². The molecule has 0 amide bonds. The van der Waals surface area contributed by atoms with Gasteiger partial charge in [-0.1, -0.05) is 12.8 Å². The molecule has 1 saturated carbocycles. The number of aliphatic hydroxyl groups excluding tert-OH is 1. The van der Waals surface area contributed by atoms with E-state index >= 15 is 0 Å². The van der Waals surface area contributed by atoms with Crippen molar-refractivity contribution in [3.8, 4) is 12.3 Å². The van der Waals surface area contributed by atoms with Crippen molar-refractivity contribution in [3.05, 3.63) is 0 Å². The van der Waals surface area contributed by atoms with Crippen LogP contribution in [-0.4, -0.2) is 22.2 Å². The minimum absolute atomic E-state index is 0.193. The van der Waals surface area contributed by atoms with Gasteiger partial charge in [0, 0.05) is 17.4 Å². The van der Waals surface area contributed by atoms with Crippen LogP contribution >= 0.6 is 11.8 Å². The van der Waals surface area contributed by atoms with Crippen molar-refractivity contribution < 1.29 is 5.11 Å². The van der Waals surface area contributed by atoms with Gasteiger partial charge in [0.25, 0.3) is 0 Å². The largest absolute Gasteiger partial charge is 0.392 e. The molecule has 1 aliphatic carbocycles. The predicted molar refractivity (Wildman–Crippen MR) is 58.8 cm³/mol. The Morgan fingerprint density at radius 2 is 2.15 bits per heavy atom. The van der Waals surface area contributed by atoms with Crippen LogP contribution < -0.4 is 0 Å². The SMILES string of the molecule is C#CCCC(O)CSC1CCCC1. The second-order valence-corrected chi connectivity index (χ2v) is 4.97. The number of rotatable bonds is 5. The van der Waals surface area contributed by atoms with Gasteiger partial charge in [-0.05, 0) is 19.3 Å². The third kappa shape index (κ3) is 4.59. The van der Waals surface area contributed by atoms with E-state index in [2.05, 4.69) is 5.92 Å². The molecule has 0 aliphatic heterocycles.